The fourth-order valence-electron chi connectivity index (χ4n) is 2.73. The number of carbonyl (C=O) groups is 2. The highest BCUT2D eigenvalue weighted by molar-refractivity contribution is 5.73. The van der Waals surface area contributed by atoms with Crippen LogP contribution in [0, 0.1) is 0 Å². The van der Waals surface area contributed by atoms with Crippen molar-refractivity contribution < 1.29 is 37.7 Å². The van der Waals surface area contributed by atoms with Crippen LogP contribution in [0.15, 0.2) is 24.3 Å². The maximum atomic E-state index is 10.6. The Balaban J connectivity index is 0.00000118. The molecule has 0 spiro atoms. The molecule has 0 unspecified atom stereocenters. The maximum absolute atomic E-state index is 10.6. The van der Waals surface area contributed by atoms with Crippen molar-refractivity contribution >= 4 is 11.9 Å². The van der Waals surface area contributed by atoms with E-state index in [4.69, 9.17) is 19.7 Å². The lowest BCUT2D eigenvalue weighted by molar-refractivity contribution is -0.192. The van der Waals surface area contributed by atoms with Gasteiger partial charge in [-0.05, 0) is 37.1 Å². The average Bonchev–Trinajstić information content (AvgIpc) is 2.73. The van der Waals surface area contributed by atoms with Crippen molar-refractivity contribution in [3.63, 3.8) is 0 Å². The lowest BCUT2D eigenvalue weighted by Crippen LogP contribution is -2.21. The van der Waals surface area contributed by atoms with E-state index >= 15 is 0 Å². The molecule has 1 aromatic rings. The summed E-state index contributed by atoms with van der Waals surface area (Å²) in [5.41, 5.74) is 1.24. The Kier molecular flexibility index (Phi) is 17.0. The largest absolute Gasteiger partial charge is 0.494 e. The van der Waals surface area contributed by atoms with Crippen LogP contribution in [0.4, 0.5) is 13.2 Å². The van der Waals surface area contributed by atoms with Gasteiger partial charge in [-0.15, -0.1) is 0 Å². The minimum Gasteiger partial charge on any atom is -0.494 e. The number of unbranched alkanes of at least 4 members (excludes halogenated alkanes) is 7. The highest BCUT2D eigenvalue weighted by atomic mass is 19.4. The van der Waals surface area contributed by atoms with Gasteiger partial charge in [-0.1, -0.05) is 64.0 Å². The Morgan fingerprint density at radius 1 is 0.906 bits per heavy atom. The summed E-state index contributed by atoms with van der Waals surface area (Å²) in [4.78, 5) is 19.3. The molecule has 0 radical (unpaired) electrons. The van der Waals surface area contributed by atoms with Crippen LogP contribution >= 0.6 is 0 Å². The van der Waals surface area contributed by atoms with Crippen molar-refractivity contribution in [1.29, 1.82) is 0 Å². The number of aliphatic carboxylic acids is 2. The number of carboxylic acids is 2. The van der Waals surface area contributed by atoms with E-state index < -0.39 is 18.1 Å². The van der Waals surface area contributed by atoms with Crippen LogP contribution in [0.3, 0.4) is 0 Å². The molecule has 0 amide bonds. The molecule has 0 saturated heterocycles. The van der Waals surface area contributed by atoms with Crippen molar-refractivity contribution in [1.82, 2.24) is 5.32 Å². The van der Waals surface area contributed by atoms with E-state index in [1.807, 2.05) is 12.1 Å². The topological polar surface area (TPSA) is 95.9 Å². The number of carboxylic acid groups (broad SMARTS) is 2. The summed E-state index contributed by atoms with van der Waals surface area (Å²) >= 11 is 0. The van der Waals surface area contributed by atoms with Crippen LogP contribution in [0.5, 0.6) is 5.75 Å². The zero-order valence-electron chi connectivity index (χ0n) is 18.8. The minimum absolute atomic E-state index is 0.172. The summed E-state index contributed by atoms with van der Waals surface area (Å²) in [6.07, 6.45) is 6.50. The molecule has 0 fully saturated rings. The molecule has 1 aromatic carbocycles. The number of benzene rings is 1. The number of hydrogen-bond acceptors (Lipinski definition) is 4. The smallest absolute Gasteiger partial charge is 0.490 e. The Labute approximate surface area is 188 Å². The third kappa shape index (κ3) is 18.5. The second kappa shape index (κ2) is 18.3. The first-order valence-electron chi connectivity index (χ1n) is 11.1. The van der Waals surface area contributed by atoms with Gasteiger partial charge in [0.1, 0.15) is 5.75 Å². The number of ether oxygens (including phenoxy) is 1. The summed E-state index contributed by atoms with van der Waals surface area (Å²) in [6.45, 7) is 4.37. The third-order valence-corrected chi connectivity index (χ3v) is 4.54. The van der Waals surface area contributed by atoms with E-state index in [2.05, 4.69) is 24.4 Å². The van der Waals surface area contributed by atoms with E-state index in [1.54, 1.807) is 0 Å². The molecule has 32 heavy (non-hydrogen) atoms. The summed E-state index contributed by atoms with van der Waals surface area (Å²) in [5, 5.41) is 18.8. The first-order valence-corrected chi connectivity index (χ1v) is 11.1. The molecule has 0 aliphatic carbocycles. The lowest BCUT2D eigenvalue weighted by atomic mass is 10.1. The van der Waals surface area contributed by atoms with E-state index in [1.165, 1.54) is 50.5 Å². The fraction of sp³-hybridized carbons (Fsp3) is 0.652. The molecule has 6 nitrogen and oxygen atoms in total. The second-order valence-corrected chi connectivity index (χ2v) is 7.41. The summed E-state index contributed by atoms with van der Waals surface area (Å²) in [7, 11) is 0. The van der Waals surface area contributed by atoms with Gasteiger partial charge in [-0.3, -0.25) is 4.79 Å². The van der Waals surface area contributed by atoms with E-state index in [-0.39, 0.29) is 6.42 Å². The first kappa shape index (κ1) is 29.7. The average molecular weight is 464 g/mol. The molecule has 9 heteroatoms. The zero-order chi connectivity index (χ0) is 24.2. The summed E-state index contributed by atoms with van der Waals surface area (Å²) < 4.78 is 37.5. The predicted molar refractivity (Wildman–Crippen MR) is 117 cm³/mol. The molecule has 3 N–H and O–H groups in total. The molecule has 0 saturated carbocycles. The fourth-order valence-corrected chi connectivity index (χ4v) is 2.73. The van der Waals surface area contributed by atoms with Crippen LogP contribution in [0.25, 0.3) is 0 Å². The third-order valence-electron chi connectivity index (χ3n) is 4.54. The maximum Gasteiger partial charge on any atom is 0.490 e. The number of rotatable bonds is 16. The Bertz CT molecular complexity index is 621. The Hall–Kier alpha value is -2.29. The Morgan fingerprint density at radius 3 is 1.94 bits per heavy atom. The highest BCUT2D eigenvalue weighted by Crippen LogP contribution is 2.14. The molecule has 0 bridgehead atoms. The van der Waals surface area contributed by atoms with Crippen LogP contribution in [-0.4, -0.2) is 48.0 Å². The Morgan fingerprint density at radius 2 is 1.44 bits per heavy atom. The van der Waals surface area contributed by atoms with Crippen LogP contribution in [0.2, 0.25) is 0 Å². The van der Waals surface area contributed by atoms with Crippen molar-refractivity contribution in [2.24, 2.45) is 0 Å². The number of halogens is 3. The highest BCUT2D eigenvalue weighted by Gasteiger charge is 2.38. The van der Waals surface area contributed by atoms with Gasteiger partial charge in [-0.2, -0.15) is 13.2 Å². The predicted octanol–water partition coefficient (Wildman–Crippen LogP) is 5.45. The van der Waals surface area contributed by atoms with Crippen molar-refractivity contribution in [3.8, 4) is 5.75 Å². The van der Waals surface area contributed by atoms with Crippen molar-refractivity contribution in [2.45, 2.75) is 77.3 Å². The van der Waals surface area contributed by atoms with Gasteiger partial charge >= 0.3 is 18.1 Å². The van der Waals surface area contributed by atoms with Gasteiger partial charge in [0.25, 0.3) is 0 Å². The molecule has 184 valence electrons. The monoisotopic (exact) mass is 463 g/mol. The summed E-state index contributed by atoms with van der Waals surface area (Å²) in [6, 6.07) is 8.22. The van der Waals surface area contributed by atoms with E-state index in [0.717, 1.165) is 31.7 Å². The number of nitrogens with one attached hydrogen (secondary N) is 1. The van der Waals surface area contributed by atoms with Gasteiger partial charge in [0.15, 0.2) is 0 Å². The van der Waals surface area contributed by atoms with Crippen molar-refractivity contribution in [2.75, 3.05) is 19.7 Å². The lowest BCUT2D eigenvalue weighted by Gasteiger charge is -2.08. The molecule has 0 atom stereocenters. The van der Waals surface area contributed by atoms with Gasteiger partial charge < -0.3 is 20.3 Å². The van der Waals surface area contributed by atoms with Gasteiger partial charge in [0.2, 0.25) is 0 Å². The molecule has 0 aromatic heterocycles. The van der Waals surface area contributed by atoms with Gasteiger partial charge in [0, 0.05) is 6.54 Å². The molecular formula is C23H36F3NO5. The SMILES string of the molecule is CCCCCCCCCCOc1ccc(CCNCCC(=O)O)cc1.O=C(O)C(F)(F)F. The van der Waals surface area contributed by atoms with Gasteiger partial charge in [0.05, 0.1) is 13.0 Å². The quantitative estimate of drug-likeness (QED) is 0.282. The number of alkyl halides is 3. The molecule has 1 rings (SSSR count). The molecule has 0 aliphatic rings. The van der Waals surface area contributed by atoms with Crippen molar-refractivity contribution in [3.05, 3.63) is 29.8 Å². The van der Waals surface area contributed by atoms with Crippen LogP contribution < -0.4 is 10.1 Å². The normalized spacial score (nSPS) is 10.9. The first-order chi connectivity index (χ1) is 15.2. The zero-order valence-corrected chi connectivity index (χ0v) is 18.8. The van der Waals surface area contributed by atoms with E-state index in [0.29, 0.717) is 6.54 Å². The standard InChI is InChI=1S/C21H35NO3.C2HF3O2/c1-2-3-4-5-6-7-8-9-18-25-20-12-10-19(11-13-20)14-16-22-17-15-21(23)24;3-2(4,5)1(6)7/h10-13,22H,2-9,14-18H2,1H3,(H,23,24);(H,6,7). The van der Waals surface area contributed by atoms with Crippen LogP contribution in [0.1, 0.15) is 70.3 Å². The number of hydrogen-bond donors (Lipinski definition) is 3. The molecule has 0 heterocycles. The second-order valence-electron chi connectivity index (χ2n) is 7.41. The van der Waals surface area contributed by atoms with Gasteiger partial charge in [-0.25, -0.2) is 4.79 Å². The minimum atomic E-state index is -5.08. The summed E-state index contributed by atoms with van der Waals surface area (Å²) in [5.74, 6) is -2.58. The molecular weight excluding hydrogens is 427 g/mol. The molecule has 0 aliphatic heterocycles. The van der Waals surface area contributed by atoms with Crippen LogP contribution in [-0.2, 0) is 16.0 Å². The van der Waals surface area contributed by atoms with E-state index in [9.17, 15) is 18.0 Å².